The van der Waals surface area contributed by atoms with Gasteiger partial charge in [0.05, 0.1) is 11.8 Å². The Kier molecular flexibility index (Phi) is 2.58. The van der Waals surface area contributed by atoms with Gasteiger partial charge in [-0.3, -0.25) is 0 Å². The predicted molar refractivity (Wildman–Crippen MR) is 86.2 cm³/mol. The van der Waals surface area contributed by atoms with Crippen LogP contribution in [0.5, 0.6) is 0 Å². The van der Waals surface area contributed by atoms with Gasteiger partial charge in [-0.25, -0.2) is 4.98 Å². The smallest absolute Gasteiger partial charge is 0.186 e. The van der Waals surface area contributed by atoms with E-state index < -0.39 is 0 Å². The van der Waals surface area contributed by atoms with Crippen LogP contribution in [0.2, 0.25) is 0 Å². The van der Waals surface area contributed by atoms with Gasteiger partial charge >= 0.3 is 0 Å². The number of nitrogens with zero attached hydrogens (tertiary/aromatic N) is 5. The highest BCUT2D eigenvalue weighted by atomic mass is 16.5. The molecule has 0 atom stereocenters. The maximum atomic E-state index is 5.56. The van der Waals surface area contributed by atoms with Gasteiger partial charge in [-0.2, -0.15) is 4.52 Å². The van der Waals surface area contributed by atoms with Crippen LogP contribution in [0.1, 0.15) is 5.76 Å². The van der Waals surface area contributed by atoms with Gasteiger partial charge in [0.25, 0.3) is 0 Å². The number of benzene rings is 1. The third-order valence-corrected chi connectivity index (χ3v) is 3.88. The molecule has 0 aliphatic heterocycles. The van der Waals surface area contributed by atoms with Crippen LogP contribution < -0.4 is 0 Å². The summed E-state index contributed by atoms with van der Waals surface area (Å²) in [5.74, 6) is 1.40. The van der Waals surface area contributed by atoms with E-state index >= 15 is 0 Å². The van der Waals surface area contributed by atoms with E-state index in [1.165, 1.54) is 0 Å². The Hall–Kier alpha value is -3.48. The predicted octanol–water partition coefficient (Wildman–Crippen LogP) is 3.50. The molecule has 4 heterocycles. The van der Waals surface area contributed by atoms with Crippen LogP contribution in [-0.4, -0.2) is 25.0 Å². The van der Waals surface area contributed by atoms with Crippen molar-refractivity contribution in [1.82, 2.24) is 25.0 Å². The standard InChI is InChI=1S/C17H11N5O2/c1-10-9-12(20-24-10)16-17-18-15(14-7-4-8-23-14)11-5-2-3-6-13(11)22(17)21-19-16/h2-9H,1H3. The SMILES string of the molecule is Cc1cc(-c2nnn3c2nc(-c2ccco2)c2ccccc23)no1. The minimum atomic E-state index is 0.574. The summed E-state index contributed by atoms with van der Waals surface area (Å²) >= 11 is 0. The van der Waals surface area contributed by atoms with Crippen molar-refractivity contribution < 1.29 is 8.94 Å². The molecule has 0 unspecified atom stereocenters. The van der Waals surface area contributed by atoms with Gasteiger partial charge in [0.1, 0.15) is 17.1 Å². The van der Waals surface area contributed by atoms with Gasteiger partial charge < -0.3 is 8.94 Å². The number of para-hydroxylation sites is 1. The van der Waals surface area contributed by atoms with Crippen molar-refractivity contribution in [1.29, 1.82) is 0 Å². The van der Waals surface area contributed by atoms with Crippen LogP contribution in [0.3, 0.4) is 0 Å². The molecule has 0 radical (unpaired) electrons. The summed E-state index contributed by atoms with van der Waals surface area (Å²) < 4.78 is 12.4. The highest BCUT2D eigenvalue weighted by molar-refractivity contribution is 5.94. The maximum absolute atomic E-state index is 5.56. The van der Waals surface area contributed by atoms with E-state index in [9.17, 15) is 0 Å². The average Bonchev–Trinajstić information content (AvgIpc) is 3.34. The molecule has 116 valence electrons. The van der Waals surface area contributed by atoms with Crippen molar-refractivity contribution in [3.8, 4) is 22.8 Å². The highest BCUT2D eigenvalue weighted by Gasteiger charge is 2.19. The first kappa shape index (κ1) is 13.0. The van der Waals surface area contributed by atoms with Crippen molar-refractivity contribution in [3.63, 3.8) is 0 Å². The van der Waals surface area contributed by atoms with E-state index in [-0.39, 0.29) is 0 Å². The second-order valence-electron chi connectivity index (χ2n) is 5.45. The molecule has 24 heavy (non-hydrogen) atoms. The average molecular weight is 317 g/mol. The fourth-order valence-electron chi connectivity index (χ4n) is 2.81. The second kappa shape index (κ2) is 4.76. The van der Waals surface area contributed by atoms with E-state index in [2.05, 4.69) is 15.5 Å². The molecule has 0 bridgehead atoms. The molecule has 0 aliphatic rings. The summed E-state index contributed by atoms with van der Waals surface area (Å²) in [7, 11) is 0. The van der Waals surface area contributed by atoms with Crippen LogP contribution in [0.4, 0.5) is 0 Å². The zero-order valence-electron chi connectivity index (χ0n) is 12.7. The number of hydrogen-bond donors (Lipinski definition) is 0. The monoisotopic (exact) mass is 317 g/mol. The zero-order valence-corrected chi connectivity index (χ0v) is 12.7. The number of aryl methyl sites for hydroxylation is 1. The number of aromatic nitrogens is 5. The van der Waals surface area contributed by atoms with Crippen molar-refractivity contribution in [2.45, 2.75) is 6.92 Å². The van der Waals surface area contributed by atoms with Crippen molar-refractivity contribution in [2.75, 3.05) is 0 Å². The largest absolute Gasteiger partial charge is 0.463 e. The van der Waals surface area contributed by atoms with Gasteiger partial charge in [-0.15, -0.1) is 5.10 Å². The molecule has 7 nitrogen and oxygen atoms in total. The Bertz CT molecular complexity index is 1170. The molecule has 5 aromatic rings. The maximum Gasteiger partial charge on any atom is 0.186 e. The molecule has 0 spiro atoms. The van der Waals surface area contributed by atoms with Crippen molar-refractivity contribution in [2.24, 2.45) is 0 Å². The quantitative estimate of drug-likeness (QED) is 0.495. The molecule has 0 aliphatic carbocycles. The Balaban J connectivity index is 1.90. The number of furan rings is 1. The van der Waals surface area contributed by atoms with E-state index in [0.717, 1.165) is 16.6 Å². The van der Waals surface area contributed by atoms with E-state index in [1.54, 1.807) is 10.8 Å². The van der Waals surface area contributed by atoms with E-state index in [0.29, 0.717) is 28.6 Å². The minimum absolute atomic E-state index is 0.574. The molecule has 0 N–H and O–H groups in total. The van der Waals surface area contributed by atoms with Crippen molar-refractivity contribution >= 4 is 16.6 Å². The van der Waals surface area contributed by atoms with Crippen LogP contribution in [-0.2, 0) is 0 Å². The Labute approximate surface area is 135 Å². The summed E-state index contributed by atoms with van der Waals surface area (Å²) in [6, 6.07) is 13.4. The Morgan fingerprint density at radius 2 is 1.96 bits per heavy atom. The van der Waals surface area contributed by atoms with E-state index in [4.69, 9.17) is 13.9 Å². The van der Waals surface area contributed by atoms with Crippen LogP contribution in [0.15, 0.2) is 57.7 Å². The summed E-state index contributed by atoms with van der Waals surface area (Å²) in [5, 5.41) is 13.5. The summed E-state index contributed by atoms with van der Waals surface area (Å²) in [6.07, 6.45) is 1.63. The molecule has 1 aromatic carbocycles. The fraction of sp³-hybridized carbons (Fsp3) is 0.0588. The lowest BCUT2D eigenvalue weighted by molar-refractivity contribution is 0.399. The molecular formula is C17H11N5O2. The summed E-state index contributed by atoms with van der Waals surface area (Å²) in [4.78, 5) is 4.75. The Morgan fingerprint density at radius 1 is 1.04 bits per heavy atom. The molecule has 0 fully saturated rings. The second-order valence-corrected chi connectivity index (χ2v) is 5.45. The first-order valence-electron chi connectivity index (χ1n) is 7.43. The molecule has 0 saturated carbocycles. The zero-order chi connectivity index (χ0) is 16.1. The minimum Gasteiger partial charge on any atom is -0.463 e. The molecule has 5 rings (SSSR count). The van der Waals surface area contributed by atoms with Gasteiger partial charge in [-0.05, 0) is 25.1 Å². The normalized spacial score (nSPS) is 11.5. The van der Waals surface area contributed by atoms with Crippen LogP contribution in [0, 0.1) is 6.92 Å². The topological polar surface area (TPSA) is 82.2 Å². The first-order chi connectivity index (χ1) is 11.8. The van der Waals surface area contributed by atoms with Crippen molar-refractivity contribution in [3.05, 3.63) is 54.5 Å². The summed E-state index contributed by atoms with van der Waals surface area (Å²) in [6.45, 7) is 1.83. The van der Waals surface area contributed by atoms with Gasteiger partial charge in [-0.1, -0.05) is 28.6 Å². The lowest BCUT2D eigenvalue weighted by Gasteiger charge is -2.05. The lowest BCUT2D eigenvalue weighted by atomic mass is 10.1. The molecular weight excluding hydrogens is 306 g/mol. The van der Waals surface area contributed by atoms with Gasteiger partial charge in [0.2, 0.25) is 0 Å². The lowest BCUT2D eigenvalue weighted by Crippen LogP contribution is -1.96. The molecule has 0 saturated heterocycles. The first-order valence-corrected chi connectivity index (χ1v) is 7.43. The number of fused-ring (bicyclic) bond motifs is 3. The molecule has 4 aromatic heterocycles. The van der Waals surface area contributed by atoms with Crippen LogP contribution in [0.25, 0.3) is 39.4 Å². The number of hydrogen-bond acceptors (Lipinski definition) is 6. The molecule has 0 amide bonds. The highest BCUT2D eigenvalue weighted by Crippen LogP contribution is 2.30. The summed E-state index contributed by atoms with van der Waals surface area (Å²) in [5.41, 5.74) is 3.43. The van der Waals surface area contributed by atoms with Gasteiger partial charge in [0.15, 0.2) is 17.1 Å². The third kappa shape index (κ3) is 1.78. The number of rotatable bonds is 2. The Morgan fingerprint density at radius 3 is 2.75 bits per heavy atom. The van der Waals surface area contributed by atoms with E-state index in [1.807, 2.05) is 49.4 Å². The van der Waals surface area contributed by atoms with Crippen LogP contribution >= 0.6 is 0 Å². The molecule has 7 heteroatoms. The fourth-order valence-corrected chi connectivity index (χ4v) is 2.81. The third-order valence-electron chi connectivity index (χ3n) is 3.88. The van der Waals surface area contributed by atoms with Gasteiger partial charge in [0, 0.05) is 11.5 Å².